The van der Waals surface area contributed by atoms with E-state index in [0.29, 0.717) is 0 Å². The zero-order chi connectivity index (χ0) is 11.6. The Morgan fingerprint density at radius 2 is 1.47 bits per heavy atom. The summed E-state index contributed by atoms with van der Waals surface area (Å²) in [5, 5.41) is 0. The van der Waals surface area contributed by atoms with Crippen molar-refractivity contribution in [2.75, 3.05) is 0 Å². The van der Waals surface area contributed by atoms with Crippen LogP contribution in [0.1, 0.15) is 11.1 Å². The molecule has 0 aliphatic rings. The van der Waals surface area contributed by atoms with Crippen LogP contribution in [0.2, 0.25) is 0 Å². The van der Waals surface area contributed by atoms with Gasteiger partial charge >= 0.3 is 0 Å². The van der Waals surface area contributed by atoms with Gasteiger partial charge in [0, 0.05) is 16.7 Å². The van der Waals surface area contributed by atoms with Gasteiger partial charge in [0.05, 0.1) is 0 Å². The van der Waals surface area contributed by atoms with Crippen LogP contribution in [0.25, 0.3) is 0 Å². The molecule has 0 aliphatic heterocycles. The molecule has 1 aromatic rings. The van der Waals surface area contributed by atoms with Crippen molar-refractivity contribution in [3.05, 3.63) is 46.0 Å². The quantitative estimate of drug-likeness (QED) is 0.542. The predicted octanol–water partition coefficient (Wildman–Crippen LogP) is 3.85. The summed E-state index contributed by atoms with van der Waals surface area (Å²) < 4.78 is 52.4. The van der Waals surface area contributed by atoms with Crippen molar-refractivity contribution in [2.45, 2.75) is 13.3 Å². The molecule has 0 fully saturated rings. The summed E-state index contributed by atoms with van der Waals surface area (Å²) in [6.07, 6.45) is 0.895. The molecule has 0 aliphatic carbocycles. The largest absolute Gasteiger partial charge is 0.203 e. The van der Waals surface area contributed by atoms with Gasteiger partial charge in [-0.05, 0) is 13.3 Å². The zero-order valence-corrected chi connectivity index (χ0v) is 8.51. The van der Waals surface area contributed by atoms with Crippen molar-refractivity contribution in [2.24, 2.45) is 0 Å². The molecule has 0 N–H and O–H groups in total. The molecule has 0 amide bonds. The highest BCUT2D eigenvalue weighted by Gasteiger charge is 2.21. The van der Waals surface area contributed by atoms with Gasteiger partial charge in [-0.25, -0.2) is 17.6 Å². The number of allylic oxidation sites excluding steroid dienone is 1. The van der Waals surface area contributed by atoms with Crippen LogP contribution in [0.3, 0.4) is 0 Å². The topological polar surface area (TPSA) is 0 Å². The number of halogens is 5. The summed E-state index contributed by atoms with van der Waals surface area (Å²) in [5.74, 6) is -5.49. The van der Waals surface area contributed by atoms with E-state index in [-0.39, 0.29) is 6.42 Å². The average Bonchev–Trinajstić information content (AvgIpc) is 2.24. The Labute approximate surface area is 89.2 Å². The smallest absolute Gasteiger partial charge is 0.165 e. The maximum absolute atomic E-state index is 13.2. The molecule has 5 heteroatoms. The van der Waals surface area contributed by atoms with Gasteiger partial charge in [-0.2, -0.15) is 0 Å². The SMILES string of the molecule is Cc1c(F)c(F)c(CC=CCl)c(F)c1F. The fourth-order valence-electron chi connectivity index (χ4n) is 1.13. The Hall–Kier alpha value is -1.03. The predicted molar refractivity (Wildman–Crippen MR) is 49.7 cm³/mol. The van der Waals surface area contributed by atoms with E-state index < -0.39 is 34.4 Å². The first-order chi connectivity index (χ1) is 7.00. The van der Waals surface area contributed by atoms with Gasteiger partial charge in [-0.15, -0.1) is 0 Å². The standard InChI is InChI=1S/C10H7ClF4/c1-5-7(12)9(14)6(3-2-4-11)10(15)8(5)13/h2,4H,3H2,1H3. The summed E-state index contributed by atoms with van der Waals surface area (Å²) in [5.41, 5.74) is -0.301. The van der Waals surface area contributed by atoms with Gasteiger partial charge in [-0.1, -0.05) is 17.7 Å². The average molecular weight is 239 g/mol. The van der Waals surface area contributed by atoms with Gasteiger partial charge in [0.2, 0.25) is 0 Å². The fraction of sp³-hybridized carbons (Fsp3) is 0.200. The first-order valence-electron chi connectivity index (χ1n) is 4.07. The molecule has 15 heavy (non-hydrogen) atoms. The van der Waals surface area contributed by atoms with E-state index >= 15 is 0 Å². The highest BCUT2D eigenvalue weighted by atomic mass is 35.5. The zero-order valence-electron chi connectivity index (χ0n) is 7.75. The van der Waals surface area contributed by atoms with Gasteiger partial charge in [0.1, 0.15) is 0 Å². The molecule has 0 atom stereocenters. The van der Waals surface area contributed by atoms with Crippen LogP contribution < -0.4 is 0 Å². The van der Waals surface area contributed by atoms with Crippen molar-refractivity contribution < 1.29 is 17.6 Å². The number of rotatable bonds is 2. The molecule has 1 rings (SSSR count). The van der Waals surface area contributed by atoms with Crippen molar-refractivity contribution >= 4 is 11.6 Å². The first-order valence-corrected chi connectivity index (χ1v) is 4.51. The third kappa shape index (κ3) is 2.15. The van der Waals surface area contributed by atoms with Crippen LogP contribution in [-0.4, -0.2) is 0 Å². The highest BCUT2D eigenvalue weighted by molar-refractivity contribution is 6.25. The lowest BCUT2D eigenvalue weighted by atomic mass is 10.1. The lowest BCUT2D eigenvalue weighted by Crippen LogP contribution is -2.05. The Kier molecular flexibility index (Phi) is 3.74. The number of benzene rings is 1. The molecule has 0 spiro atoms. The molecule has 82 valence electrons. The summed E-state index contributed by atoms with van der Waals surface area (Å²) in [7, 11) is 0. The maximum atomic E-state index is 13.2. The van der Waals surface area contributed by atoms with Crippen LogP contribution in [0.4, 0.5) is 17.6 Å². The molecule has 0 saturated carbocycles. The van der Waals surface area contributed by atoms with Crippen molar-refractivity contribution in [3.63, 3.8) is 0 Å². The van der Waals surface area contributed by atoms with Crippen molar-refractivity contribution in [1.82, 2.24) is 0 Å². The third-order valence-corrected chi connectivity index (χ3v) is 2.16. The monoisotopic (exact) mass is 238 g/mol. The van der Waals surface area contributed by atoms with E-state index in [1.165, 1.54) is 6.08 Å². The molecular formula is C10H7ClF4. The van der Waals surface area contributed by atoms with Crippen molar-refractivity contribution in [3.8, 4) is 0 Å². The van der Waals surface area contributed by atoms with Gasteiger partial charge < -0.3 is 0 Å². The van der Waals surface area contributed by atoms with Crippen LogP contribution in [0, 0.1) is 30.2 Å². The third-order valence-electron chi connectivity index (χ3n) is 1.98. The van der Waals surface area contributed by atoms with E-state index in [4.69, 9.17) is 11.6 Å². The lowest BCUT2D eigenvalue weighted by molar-refractivity contribution is 0.434. The Morgan fingerprint density at radius 1 is 1.00 bits per heavy atom. The highest BCUT2D eigenvalue weighted by Crippen LogP contribution is 2.24. The van der Waals surface area contributed by atoms with Crippen LogP contribution >= 0.6 is 11.6 Å². The van der Waals surface area contributed by atoms with E-state index in [2.05, 4.69) is 0 Å². The molecule has 1 aromatic carbocycles. The van der Waals surface area contributed by atoms with Crippen LogP contribution in [0.15, 0.2) is 11.6 Å². The van der Waals surface area contributed by atoms with Gasteiger partial charge in [0.15, 0.2) is 23.3 Å². The van der Waals surface area contributed by atoms with E-state index in [9.17, 15) is 17.6 Å². The van der Waals surface area contributed by atoms with Crippen LogP contribution in [0.5, 0.6) is 0 Å². The molecule has 0 saturated heterocycles. The fourth-order valence-corrected chi connectivity index (χ4v) is 1.22. The van der Waals surface area contributed by atoms with E-state index in [0.717, 1.165) is 12.5 Å². The minimum absolute atomic E-state index is 0.296. The van der Waals surface area contributed by atoms with Crippen molar-refractivity contribution in [1.29, 1.82) is 0 Å². The summed E-state index contributed by atoms with van der Waals surface area (Å²) in [4.78, 5) is 0. The maximum Gasteiger partial charge on any atom is 0.165 e. The first kappa shape index (κ1) is 12.0. The molecule has 0 heterocycles. The second kappa shape index (κ2) is 4.66. The second-order valence-electron chi connectivity index (χ2n) is 2.93. The van der Waals surface area contributed by atoms with Gasteiger partial charge in [0.25, 0.3) is 0 Å². The Morgan fingerprint density at radius 3 is 1.87 bits per heavy atom. The molecule has 0 unspecified atom stereocenters. The molecular weight excluding hydrogens is 232 g/mol. The molecule has 0 nitrogen and oxygen atoms in total. The molecule has 0 radical (unpaired) electrons. The Bertz CT molecular complexity index is 383. The van der Waals surface area contributed by atoms with E-state index in [1.807, 2.05) is 0 Å². The minimum atomic E-state index is -1.37. The lowest BCUT2D eigenvalue weighted by Gasteiger charge is -2.07. The molecule has 0 bridgehead atoms. The second-order valence-corrected chi connectivity index (χ2v) is 3.18. The Balaban J connectivity index is 3.38. The normalized spacial score (nSPS) is 11.3. The summed E-state index contributed by atoms with van der Waals surface area (Å²) >= 11 is 5.15. The minimum Gasteiger partial charge on any atom is -0.203 e. The number of hydrogen-bond acceptors (Lipinski definition) is 0. The number of hydrogen-bond donors (Lipinski definition) is 0. The molecule has 0 aromatic heterocycles. The summed E-state index contributed by atoms with van der Waals surface area (Å²) in [6.45, 7) is 0.970. The van der Waals surface area contributed by atoms with Gasteiger partial charge in [-0.3, -0.25) is 0 Å². The van der Waals surface area contributed by atoms with E-state index in [1.54, 1.807) is 0 Å². The summed E-state index contributed by atoms with van der Waals surface area (Å²) in [6, 6.07) is 0. The van der Waals surface area contributed by atoms with Crippen LogP contribution in [-0.2, 0) is 6.42 Å².